The number of amides is 1. The zero-order chi connectivity index (χ0) is 14.5. The topological polar surface area (TPSA) is 105 Å². The Morgan fingerprint density at radius 2 is 2.11 bits per heavy atom. The van der Waals surface area contributed by atoms with E-state index in [2.05, 4.69) is 10.5 Å². The van der Waals surface area contributed by atoms with Gasteiger partial charge in [-0.2, -0.15) is 0 Å². The quantitative estimate of drug-likeness (QED) is 0.288. The minimum absolute atomic E-state index is 0.00498. The number of rotatable bonds is 6. The van der Waals surface area contributed by atoms with Gasteiger partial charge in [0.05, 0.1) is 0 Å². The molecule has 1 rings (SSSR count). The fourth-order valence-electron chi connectivity index (χ4n) is 2.40. The van der Waals surface area contributed by atoms with Crippen LogP contribution < -0.4 is 11.1 Å². The molecule has 4 N–H and O–H groups in total. The number of nitrogens with zero attached hydrogens (tertiary/aromatic N) is 1. The number of hydrogen-bond acceptors (Lipinski definition) is 4. The van der Waals surface area contributed by atoms with Gasteiger partial charge in [-0.25, -0.2) is 0 Å². The van der Waals surface area contributed by atoms with Crippen molar-refractivity contribution in [1.82, 2.24) is 5.32 Å². The summed E-state index contributed by atoms with van der Waals surface area (Å²) in [5.41, 5.74) is 4.83. The second-order valence-corrected chi connectivity index (χ2v) is 6.93. The number of carbonyl (C=O) groups is 1. The number of hydrogen-bond donors (Lipinski definition) is 3. The molecule has 19 heavy (non-hydrogen) atoms. The summed E-state index contributed by atoms with van der Waals surface area (Å²) >= 11 is 0. The van der Waals surface area contributed by atoms with Gasteiger partial charge in [0.2, 0.25) is 5.91 Å². The van der Waals surface area contributed by atoms with Crippen LogP contribution in [0.25, 0.3) is 0 Å². The number of nitrogens with one attached hydrogen (secondary N) is 1. The van der Waals surface area contributed by atoms with Gasteiger partial charge in [0, 0.05) is 28.9 Å². The molecule has 2 atom stereocenters. The van der Waals surface area contributed by atoms with Crippen LogP contribution in [-0.2, 0) is 15.6 Å². The van der Waals surface area contributed by atoms with E-state index >= 15 is 0 Å². The second kappa shape index (κ2) is 6.88. The predicted molar refractivity (Wildman–Crippen MR) is 75.5 cm³/mol. The lowest BCUT2D eigenvalue weighted by molar-refractivity contribution is -0.127. The average molecular weight is 289 g/mol. The molecule has 6 nitrogen and oxygen atoms in total. The third-order valence-corrected chi connectivity index (χ3v) is 5.26. The number of nitrogens with two attached hydrogens (primary N) is 1. The van der Waals surface area contributed by atoms with Gasteiger partial charge >= 0.3 is 0 Å². The molecule has 1 saturated carbocycles. The van der Waals surface area contributed by atoms with Crippen LogP contribution in [0.15, 0.2) is 5.16 Å². The van der Waals surface area contributed by atoms with Crippen molar-refractivity contribution in [1.29, 1.82) is 0 Å². The number of amidine groups is 1. The first-order chi connectivity index (χ1) is 8.94. The van der Waals surface area contributed by atoms with Crippen LogP contribution in [-0.4, -0.2) is 39.2 Å². The highest BCUT2D eigenvalue weighted by Gasteiger charge is 2.45. The summed E-state index contributed by atoms with van der Waals surface area (Å²) in [7, 11) is -0.888. The van der Waals surface area contributed by atoms with Gasteiger partial charge in [0.15, 0.2) is 5.84 Å². The van der Waals surface area contributed by atoms with E-state index in [-0.39, 0.29) is 17.0 Å². The fourth-order valence-corrected chi connectivity index (χ4v) is 2.85. The molecule has 0 bridgehead atoms. The van der Waals surface area contributed by atoms with Gasteiger partial charge in [-0.1, -0.05) is 24.9 Å². The molecule has 1 aliphatic rings. The minimum Gasteiger partial charge on any atom is -0.409 e. The zero-order valence-corrected chi connectivity index (χ0v) is 12.3. The highest BCUT2D eigenvalue weighted by molar-refractivity contribution is 7.84. The van der Waals surface area contributed by atoms with E-state index in [1.165, 1.54) is 0 Å². The molecule has 0 aromatic rings. The Morgan fingerprint density at radius 3 is 2.58 bits per heavy atom. The van der Waals surface area contributed by atoms with Gasteiger partial charge in [0.25, 0.3) is 0 Å². The Labute approximate surface area is 116 Å². The maximum absolute atomic E-state index is 12.3. The van der Waals surface area contributed by atoms with Gasteiger partial charge in [0.1, 0.15) is 5.41 Å². The first-order valence-corrected chi connectivity index (χ1v) is 8.14. The van der Waals surface area contributed by atoms with Crippen molar-refractivity contribution in [3.05, 3.63) is 0 Å². The van der Waals surface area contributed by atoms with E-state index in [1.54, 1.807) is 6.26 Å². The SMILES string of the molecule is CC(CCNC(=O)C1(C(N)=NO)CCCC1)S(C)=O. The molecule has 2 unspecified atom stereocenters. The Hall–Kier alpha value is -1.11. The molecular weight excluding hydrogens is 266 g/mol. The number of carbonyl (C=O) groups excluding carboxylic acids is 1. The minimum atomic E-state index is -0.888. The van der Waals surface area contributed by atoms with Crippen LogP contribution in [0.4, 0.5) is 0 Å². The molecule has 1 fully saturated rings. The highest BCUT2D eigenvalue weighted by Crippen LogP contribution is 2.38. The lowest BCUT2D eigenvalue weighted by atomic mass is 9.84. The van der Waals surface area contributed by atoms with Gasteiger partial charge in [-0.05, 0) is 19.3 Å². The molecule has 0 spiro atoms. The molecule has 0 radical (unpaired) electrons. The number of oxime groups is 1. The van der Waals surface area contributed by atoms with Crippen molar-refractivity contribution in [2.75, 3.05) is 12.8 Å². The first-order valence-electron chi connectivity index (χ1n) is 6.52. The Bertz CT molecular complexity index is 378. The van der Waals surface area contributed by atoms with Crippen molar-refractivity contribution in [2.45, 2.75) is 44.3 Å². The predicted octanol–water partition coefficient (Wildman–Crippen LogP) is 0.567. The Morgan fingerprint density at radius 1 is 1.53 bits per heavy atom. The van der Waals surface area contributed by atoms with Crippen molar-refractivity contribution in [3.8, 4) is 0 Å². The van der Waals surface area contributed by atoms with E-state index in [1.807, 2.05) is 6.92 Å². The third kappa shape index (κ3) is 3.68. The van der Waals surface area contributed by atoms with E-state index in [0.29, 0.717) is 25.8 Å². The normalized spacial score (nSPS) is 21.9. The summed E-state index contributed by atoms with van der Waals surface area (Å²) in [5, 5.41) is 14.7. The largest absolute Gasteiger partial charge is 0.409 e. The van der Waals surface area contributed by atoms with Crippen LogP contribution >= 0.6 is 0 Å². The average Bonchev–Trinajstić information content (AvgIpc) is 2.87. The van der Waals surface area contributed by atoms with Crippen LogP contribution in [0.2, 0.25) is 0 Å². The van der Waals surface area contributed by atoms with E-state index in [9.17, 15) is 9.00 Å². The van der Waals surface area contributed by atoms with Gasteiger partial charge < -0.3 is 16.3 Å². The molecule has 0 aromatic carbocycles. The van der Waals surface area contributed by atoms with E-state index in [0.717, 1.165) is 12.8 Å². The van der Waals surface area contributed by atoms with Gasteiger partial charge in [-0.3, -0.25) is 9.00 Å². The standard InChI is InChI=1S/C12H23N3O3S/c1-9(19(2)18)5-8-14-11(16)12(10(13)15-17)6-3-4-7-12/h9,17H,3-8H2,1-2H3,(H2,13,15)(H,14,16). The maximum atomic E-state index is 12.3. The Balaban J connectivity index is 2.58. The summed E-state index contributed by atoms with van der Waals surface area (Å²) in [6.45, 7) is 2.34. The third-order valence-electron chi connectivity index (χ3n) is 3.89. The maximum Gasteiger partial charge on any atom is 0.233 e. The van der Waals surface area contributed by atoms with E-state index < -0.39 is 16.2 Å². The zero-order valence-electron chi connectivity index (χ0n) is 11.5. The first kappa shape index (κ1) is 15.9. The summed E-state index contributed by atoms with van der Waals surface area (Å²) in [6, 6.07) is 0. The van der Waals surface area contributed by atoms with Crippen molar-refractivity contribution in [2.24, 2.45) is 16.3 Å². The molecule has 7 heteroatoms. The Kier molecular flexibility index (Phi) is 5.78. The lowest BCUT2D eigenvalue weighted by Gasteiger charge is -2.26. The molecule has 0 aliphatic heterocycles. The smallest absolute Gasteiger partial charge is 0.233 e. The summed E-state index contributed by atoms with van der Waals surface area (Å²) in [5.74, 6) is -0.191. The molecule has 0 saturated heterocycles. The molecule has 0 heterocycles. The molecule has 110 valence electrons. The van der Waals surface area contributed by atoms with Crippen molar-refractivity contribution in [3.63, 3.8) is 0 Å². The van der Waals surface area contributed by atoms with Crippen LogP contribution in [0.3, 0.4) is 0 Å². The summed E-state index contributed by atoms with van der Waals surface area (Å²) in [4.78, 5) is 12.3. The summed E-state index contributed by atoms with van der Waals surface area (Å²) in [6.07, 6.45) is 5.34. The van der Waals surface area contributed by atoms with Crippen LogP contribution in [0, 0.1) is 5.41 Å². The van der Waals surface area contributed by atoms with E-state index in [4.69, 9.17) is 10.9 Å². The van der Waals surface area contributed by atoms with Crippen LogP contribution in [0.5, 0.6) is 0 Å². The molecule has 1 amide bonds. The van der Waals surface area contributed by atoms with Crippen LogP contribution in [0.1, 0.15) is 39.0 Å². The monoisotopic (exact) mass is 289 g/mol. The van der Waals surface area contributed by atoms with Crippen molar-refractivity contribution < 1.29 is 14.2 Å². The summed E-state index contributed by atoms with van der Waals surface area (Å²) < 4.78 is 11.2. The highest BCUT2D eigenvalue weighted by atomic mass is 32.2. The fraction of sp³-hybridized carbons (Fsp3) is 0.833. The molecular formula is C12H23N3O3S. The lowest BCUT2D eigenvalue weighted by Crippen LogP contribution is -2.48. The molecule has 0 aromatic heterocycles. The second-order valence-electron chi connectivity index (χ2n) is 5.13. The van der Waals surface area contributed by atoms with Crippen molar-refractivity contribution >= 4 is 22.5 Å². The van der Waals surface area contributed by atoms with Gasteiger partial charge in [-0.15, -0.1) is 0 Å². The molecule has 1 aliphatic carbocycles.